The van der Waals surface area contributed by atoms with Crippen molar-refractivity contribution < 1.29 is 22.7 Å². The lowest BCUT2D eigenvalue weighted by atomic mass is 9.83. The lowest BCUT2D eigenvalue weighted by molar-refractivity contribution is -0.130. The molecule has 146 valence electrons. The number of hydrogen-bond acceptors (Lipinski definition) is 6. The second-order valence-corrected chi connectivity index (χ2v) is 8.46. The topological polar surface area (TPSA) is 125 Å². The molecule has 2 rings (SSSR count). The van der Waals surface area contributed by atoms with Crippen LogP contribution in [0, 0.1) is 11.3 Å². The number of nitriles is 1. The highest BCUT2D eigenvalue weighted by molar-refractivity contribution is 7.92. The number of anilines is 1. The highest BCUT2D eigenvalue weighted by atomic mass is 32.2. The van der Waals surface area contributed by atoms with Crippen LogP contribution in [0.1, 0.15) is 49.4 Å². The van der Waals surface area contributed by atoms with Gasteiger partial charge in [0.2, 0.25) is 10.0 Å². The van der Waals surface area contributed by atoms with Crippen molar-refractivity contribution in [1.82, 2.24) is 5.32 Å². The average molecular weight is 393 g/mol. The van der Waals surface area contributed by atoms with E-state index in [1.54, 1.807) is 12.1 Å². The maximum atomic E-state index is 12.4. The number of carbonyl (C=O) groups is 2. The third-order valence-corrected chi connectivity index (χ3v) is 4.97. The molecular weight excluding hydrogens is 370 g/mol. The van der Waals surface area contributed by atoms with Crippen molar-refractivity contribution in [2.24, 2.45) is 0 Å². The molecule has 0 aromatic heterocycles. The molecule has 9 heteroatoms. The summed E-state index contributed by atoms with van der Waals surface area (Å²) >= 11 is 0. The Kier molecular flexibility index (Phi) is 6.44. The fraction of sp³-hybridized carbons (Fsp3) is 0.500. The Labute approximate surface area is 158 Å². The first kappa shape index (κ1) is 20.7. The van der Waals surface area contributed by atoms with Crippen LogP contribution in [0.25, 0.3) is 0 Å². The van der Waals surface area contributed by atoms with Gasteiger partial charge in [0, 0.05) is 0 Å². The van der Waals surface area contributed by atoms with E-state index in [4.69, 9.17) is 4.74 Å². The van der Waals surface area contributed by atoms with Crippen molar-refractivity contribution >= 4 is 27.6 Å². The minimum absolute atomic E-state index is 0.00441. The van der Waals surface area contributed by atoms with Gasteiger partial charge in [-0.1, -0.05) is 31.4 Å². The number of amides is 1. The third-order valence-electron chi connectivity index (χ3n) is 4.38. The number of esters is 1. The molecule has 27 heavy (non-hydrogen) atoms. The zero-order valence-corrected chi connectivity index (χ0v) is 16.1. The lowest BCUT2D eigenvalue weighted by Crippen LogP contribution is -2.52. The van der Waals surface area contributed by atoms with Gasteiger partial charge in [0.05, 0.1) is 23.6 Å². The molecule has 8 nitrogen and oxygen atoms in total. The molecule has 1 aliphatic carbocycles. The van der Waals surface area contributed by atoms with E-state index in [9.17, 15) is 23.3 Å². The summed E-state index contributed by atoms with van der Waals surface area (Å²) in [6.07, 6.45) is 3.70. The number of benzene rings is 1. The Morgan fingerprint density at radius 3 is 2.44 bits per heavy atom. The molecule has 1 aromatic rings. The van der Waals surface area contributed by atoms with Crippen molar-refractivity contribution in [3.05, 3.63) is 29.8 Å². The Bertz CT molecular complexity index is 854. The standard InChI is InChI=1S/C18H23N3O5S/c1-13(16(22)20-18(12-19)10-6-3-7-11-18)26-17(23)14-8-4-5-9-15(14)21-27(2,24)25/h4-5,8-9,13,21H,3,6-7,10-11H2,1-2H3,(H,20,22). The van der Waals surface area contributed by atoms with E-state index in [0.29, 0.717) is 12.8 Å². The van der Waals surface area contributed by atoms with E-state index in [1.165, 1.54) is 19.1 Å². The number of nitrogens with one attached hydrogen (secondary N) is 2. The van der Waals surface area contributed by atoms with E-state index in [-0.39, 0.29) is 11.3 Å². The second kappa shape index (κ2) is 8.39. The van der Waals surface area contributed by atoms with Gasteiger partial charge in [-0.15, -0.1) is 0 Å². The quantitative estimate of drug-likeness (QED) is 0.712. The molecule has 1 aromatic carbocycles. The maximum absolute atomic E-state index is 12.4. The number of hydrogen-bond donors (Lipinski definition) is 2. The predicted octanol–water partition coefficient (Wildman–Crippen LogP) is 1.95. The van der Waals surface area contributed by atoms with Crippen LogP contribution in [-0.4, -0.2) is 38.2 Å². The van der Waals surface area contributed by atoms with E-state index >= 15 is 0 Å². The first-order valence-corrected chi connectivity index (χ1v) is 10.6. The number of rotatable bonds is 6. The lowest BCUT2D eigenvalue weighted by Gasteiger charge is -2.32. The molecule has 0 spiro atoms. The van der Waals surface area contributed by atoms with Gasteiger partial charge in [-0.2, -0.15) is 5.26 Å². The number of ether oxygens (including phenoxy) is 1. The van der Waals surface area contributed by atoms with Crippen molar-refractivity contribution in [2.45, 2.75) is 50.7 Å². The molecule has 0 saturated heterocycles. The van der Waals surface area contributed by atoms with Crippen LogP contribution in [0.15, 0.2) is 24.3 Å². The van der Waals surface area contributed by atoms with Gasteiger partial charge in [0.25, 0.3) is 5.91 Å². The molecule has 1 fully saturated rings. The fourth-order valence-corrected chi connectivity index (χ4v) is 3.56. The molecule has 0 heterocycles. The van der Waals surface area contributed by atoms with Gasteiger partial charge < -0.3 is 10.1 Å². The van der Waals surface area contributed by atoms with E-state index in [1.807, 2.05) is 0 Å². The van der Waals surface area contributed by atoms with E-state index in [2.05, 4.69) is 16.1 Å². The maximum Gasteiger partial charge on any atom is 0.341 e. The molecule has 1 amide bonds. The largest absolute Gasteiger partial charge is 0.449 e. The fourth-order valence-electron chi connectivity index (χ4n) is 2.98. The summed E-state index contributed by atoms with van der Waals surface area (Å²) in [5.41, 5.74) is -0.861. The van der Waals surface area contributed by atoms with Crippen LogP contribution in [0.3, 0.4) is 0 Å². The highest BCUT2D eigenvalue weighted by Crippen LogP contribution is 2.27. The number of carbonyl (C=O) groups excluding carboxylic acids is 2. The van der Waals surface area contributed by atoms with Crippen molar-refractivity contribution in [2.75, 3.05) is 11.0 Å². The van der Waals surface area contributed by atoms with E-state index < -0.39 is 33.5 Å². The van der Waals surface area contributed by atoms with E-state index in [0.717, 1.165) is 25.5 Å². The Morgan fingerprint density at radius 2 is 1.85 bits per heavy atom. The van der Waals surface area contributed by atoms with Gasteiger partial charge in [0.15, 0.2) is 6.10 Å². The Hall–Kier alpha value is -2.60. The predicted molar refractivity (Wildman–Crippen MR) is 99.4 cm³/mol. The summed E-state index contributed by atoms with van der Waals surface area (Å²) in [7, 11) is -3.58. The molecule has 1 atom stereocenters. The molecule has 1 saturated carbocycles. The smallest absolute Gasteiger partial charge is 0.341 e. The Morgan fingerprint density at radius 1 is 1.22 bits per heavy atom. The number of sulfonamides is 1. The second-order valence-electron chi connectivity index (χ2n) is 6.71. The van der Waals surface area contributed by atoms with Crippen molar-refractivity contribution in [3.8, 4) is 6.07 Å². The summed E-state index contributed by atoms with van der Waals surface area (Å²) in [4.78, 5) is 24.8. The van der Waals surface area contributed by atoms with Gasteiger partial charge in [-0.05, 0) is 31.9 Å². The molecule has 0 aliphatic heterocycles. The zero-order chi connectivity index (χ0) is 20.1. The van der Waals surface area contributed by atoms with Crippen LogP contribution in [0.4, 0.5) is 5.69 Å². The van der Waals surface area contributed by atoms with Crippen molar-refractivity contribution in [1.29, 1.82) is 5.26 Å². The summed E-state index contributed by atoms with van der Waals surface area (Å²) in [5, 5.41) is 12.1. The number of para-hydroxylation sites is 1. The molecule has 0 radical (unpaired) electrons. The molecule has 1 aliphatic rings. The first-order valence-electron chi connectivity index (χ1n) is 8.67. The zero-order valence-electron chi connectivity index (χ0n) is 15.3. The minimum atomic E-state index is -3.58. The average Bonchev–Trinajstić information content (AvgIpc) is 2.61. The monoisotopic (exact) mass is 393 g/mol. The summed E-state index contributed by atoms with van der Waals surface area (Å²) in [5.74, 6) is -1.39. The van der Waals surface area contributed by atoms with Gasteiger partial charge in [0.1, 0.15) is 5.54 Å². The van der Waals surface area contributed by atoms with Gasteiger partial charge in [-0.3, -0.25) is 9.52 Å². The Balaban J connectivity index is 2.07. The summed E-state index contributed by atoms with van der Waals surface area (Å²) < 4.78 is 30.3. The molecule has 1 unspecified atom stereocenters. The SMILES string of the molecule is CC(OC(=O)c1ccccc1NS(C)(=O)=O)C(=O)NC1(C#N)CCCCC1. The van der Waals surface area contributed by atoms with Crippen LogP contribution >= 0.6 is 0 Å². The molecule has 2 N–H and O–H groups in total. The molecular formula is C18H23N3O5S. The first-order chi connectivity index (χ1) is 12.7. The highest BCUT2D eigenvalue weighted by Gasteiger charge is 2.35. The van der Waals surface area contributed by atoms with Crippen LogP contribution in [0.5, 0.6) is 0 Å². The minimum Gasteiger partial charge on any atom is -0.449 e. The van der Waals surface area contributed by atoms with Gasteiger partial charge >= 0.3 is 5.97 Å². The number of nitrogens with zero attached hydrogens (tertiary/aromatic N) is 1. The third kappa shape index (κ3) is 5.69. The van der Waals surface area contributed by atoms with Crippen molar-refractivity contribution in [3.63, 3.8) is 0 Å². The normalized spacial score (nSPS) is 17.2. The van der Waals surface area contributed by atoms with Gasteiger partial charge in [-0.25, -0.2) is 13.2 Å². The van der Waals surface area contributed by atoms with Crippen LogP contribution in [0.2, 0.25) is 0 Å². The van der Waals surface area contributed by atoms with Crippen LogP contribution in [-0.2, 0) is 19.6 Å². The summed E-state index contributed by atoms with van der Waals surface area (Å²) in [6.45, 7) is 1.41. The molecule has 0 bridgehead atoms. The summed E-state index contributed by atoms with van der Waals surface area (Å²) in [6, 6.07) is 8.13. The van der Waals surface area contributed by atoms with Crippen LogP contribution < -0.4 is 10.0 Å².